The Balaban J connectivity index is 1.78. The zero-order chi connectivity index (χ0) is 27.5. The van der Waals surface area contributed by atoms with Crippen LogP contribution >= 0.6 is 16.1 Å². The summed E-state index contributed by atoms with van der Waals surface area (Å²) in [5, 5.41) is 0. The first-order chi connectivity index (χ1) is 19.2. The number of hydrogen-bond donors (Lipinski definition) is 1. The average Bonchev–Trinajstić information content (AvgIpc) is 3.59. The summed E-state index contributed by atoms with van der Waals surface area (Å²) in [6, 6.07) is 22.3. The minimum Gasteiger partial charge on any atom is -0.271 e. The van der Waals surface area contributed by atoms with Crippen molar-refractivity contribution in [2.24, 2.45) is 0 Å². The lowest BCUT2D eigenvalue weighted by Gasteiger charge is -2.36. The van der Waals surface area contributed by atoms with Gasteiger partial charge in [-0.3, -0.25) is 4.86 Å². The Kier molecular flexibility index (Phi) is 11.3. The predicted octanol–water partition coefficient (Wildman–Crippen LogP) is 10.9. The van der Waals surface area contributed by atoms with Crippen molar-refractivity contribution in [3.05, 3.63) is 170 Å². The maximum atomic E-state index is 4.47. The Hall–Kier alpha value is -2.82. The van der Waals surface area contributed by atoms with Gasteiger partial charge in [0.2, 0.25) is 0 Å². The first-order valence-corrected chi connectivity index (χ1v) is 16.8. The van der Waals surface area contributed by atoms with Crippen LogP contribution < -0.4 is 4.86 Å². The minimum atomic E-state index is -0.537. The summed E-state index contributed by atoms with van der Waals surface area (Å²) in [4.78, 5) is 4.47. The molecule has 39 heavy (non-hydrogen) atoms. The molecule has 6 atom stereocenters. The van der Waals surface area contributed by atoms with Crippen LogP contribution in [0.1, 0.15) is 48.1 Å². The van der Waals surface area contributed by atoms with Crippen LogP contribution in [-0.2, 0) is 0 Å². The van der Waals surface area contributed by atoms with E-state index >= 15 is 0 Å². The topological polar surface area (TPSA) is 12.0 Å². The fraction of sp³-hybridized carbons (Fsp3) is 0.222. The summed E-state index contributed by atoms with van der Waals surface area (Å²) in [5.74, 6) is 0. The van der Waals surface area contributed by atoms with Gasteiger partial charge < -0.3 is 0 Å². The normalized spacial score (nSPS) is 27.7. The molecule has 4 rings (SSSR count). The van der Waals surface area contributed by atoms with Crippen molar-refractivity contribution in [2.75, 3.05) is 0 Å². The summed E-state index contributed by atoms with van der Waals surface area (Å²) >= 11 is 0. The van der Waals surface area contributed by atoms with Gasteiger partial charge in [0.05, 0.1) is 0 Å². The molecule has 2 aliphatic rings. The summed E-state index contributed by atoms with van der Waals surface area (Å²) in [7, 11) is -1.07. The third kappa shape index (κ3) is 7.23. The van der Waals surface area contributed by atoms with Crippen LogP contribution in [-0.4, -0.2) is 11.3 Å². The predicted molar refractivity (Wildman–Crippen MR) is 177 cm³/mol. The molecule has 2 unspecified atom stereocenters. The second-order valence-corrected chi connectivity index (χ2v) is 14.9. The van der Waals surface area contributed by atoms with Gasteiger partial charge in [0.15, 0.2) is 0 Å². The standard InChI is InChI=1S/C36H41NP2/c1-5-9-19-29(17-7-3)33-25-27-35(31-21-13-11-14-22-31)38(33)37-39-34(30(18-8-4)20-10-6-2)26-28-36(39)32-23-15-12-16-24-32/h5-24,33-37H,1-4,25-28H2/b19-9-,20-10-,29-17+,30-18+/t33-,34-,35-,36-,38?,39?/m0/s1. The first kappa shape index (κ1) is 29.2. The third-order valence-corrected chi connectivity index (χ3v) is 14.4. The second-order valence-electron chi connectivity index (χ2n) is 9.95. The number of rotatable bonds is 12. The molecule has 0 aliphatic carbocycles. The van der Waals surface area contributed by atoms with E-state index < -0.39 is 16.1 Å². The SMILES string of the molecule is C=C/C=C\C(=C/C=C)[C@@H]1CC[C@@H](c2ccccc2)P1NP1[C@H](C(/C=C\C=C)=C/C=C)CC[C@H]1c1ccccc1. The van der Waals surface area contributed by atoms with Crippen LogP contribution in [0.25, 0.3) is 0 Å². The Labute approximate surface area is 238 Å². The van der Waals surface area contributed by atoms with E-state index in [0.717, 1.165) is 0 Å². The first-order valence-electron chi connectivity index (χ1n) is 13.9. The smallest absolute Gasteiger partial charge is 0.0181 e. The molecule has 2 heterocycles. The zero-order valence-corrected chi connectivity index (χ0v) is 24.7. The third-order valence-electron chi connectivity index (χ3n) is 7.61. The molecule has 2 fully saturated rings. The van der Waals surface area contributed by atoms with E-state index in [1.807, 2.05) is 24.3 Å². The number of allylic oxidation sites excluding steroid dienone is 12. The molecule has 0 spiro atoms. The van der Waals surface area contributed by atoms with Crippen LogP contribution in [0.3, 0.4) is 0 Å². The lowest BCUT2D eigenvalue weighted by atomic mass is 10.0. The fourth-order valence-electron chi connectivity index (χ4n) is 5.88. The van der Waals surface area contributed by atoms with Crippen LogP contribution in [0.2, 0.25) is 0 Å². The average molecular weight is 550 g/mol. The van der Waals surface area contributed by atoms with Gasteiger partial charge in [-0.05, 0) is 64.1 Å². The van der Waals surface area contributed by atoms with Crippen molar-refractivity contribution in [3.63, 3.8) is 0 Å². The number of hydrogen-bond acceptors (Lipinski definition) is 1. The maximum absolute atomic E-state index is 4.47. The van der Waals surface area contributed by atoms with Crippen molar-refractivity contribution in [1.82, 2.24) is 4.86 Å². The quantitative estimate of drug-likeness (QED) is 0.205. The largest absolute Gasteiger partial charge is 0.271 e. The van der Waals surface area contributed by atoms with Gasteiger partial charge in [0.25, 0.3) is 0 Å². The molecule has 200 valence electrons. The fourth-order valence-corrected chi connectivity index (χ4v) is 13.7. The summed E-state index contributed by atoms with van der Waals surface area (Å²) in [5.41, 5.74) is 7.61. The van der Waals surface area contributed by atoms with Crippen LogP contribution in [0.15, 0.2) is 159 Å². The molecule has 0 amide bonds. The van der Waals surface area contributed by atoms with Crippen LogP contribution in [0, 0.1) is 0 Å². The van der Waals surface area contributed by atoms with E-state index in [1.54, 1.807) is 0 Å². The maximum Gasteiger partial charge on any atom is 0.0181 e. The lowest BCUT2D eigenvalue weighted by molar-refractivity contribution is 0.785. The van der Waals surface area contributed by atoms with Gasteiger partial charge in [0, 0.05) is 22.6 Å². The van der Waals surface area contributed by atoms with Crippen molar-refractivity contribution >= 4 is 16.1 Å². The highest BCUT2D eigenvalue weighted by Gasteiger charge is 2.44. The molecule has 2 saturated heterocycles. The molecule has 0 saturated carbocycles. The Morgan fingerprint density at radius 3 is 1.36 bits per heavy atom. The summed E-state index contributed by atoms with van der Waals surface area (Å²) in [6.45, 7) is 15.9. The molecule has 0 radical (unpaired) electrons. The summed E-state index contributed by atoms with van der Waals surface area (Å²) in [6.07, 6.45) is 25.4. The van der Waals surface area contributed by atoms with Gasteiger partial charge in [-0.15, -0.1) is 0 Å². The van der Waals surface area contributed by atoms with Gasteiger partial charge in [-0.1, -0.05) is 148 Å². The van der Waals surface area contributed by atoms with Gasteiger partial charge in [-0.25, -0.2) is 0 Å². The Bertz CT molecular complexity index is 1140. The zero-order valence-electron chi connectivity index (χ0n) is 22.9. The molecular weight excluding hydrogens is 508 g/mol. The highest BCUT2D eigenvalue weighted by atomic mass is 31.2. The van der Waals surface area contributed by atoms with Crippen molar-refractivity contribution in [1.29, 1.82) is 0 Å². The molecule has 1 nitrogen and oxygen atoms in total. The van der Waals surface area contributed by atoms with E-state index in [-0.39, 0.29) is 0 Å². The number of benzene rings is 2. The van der Waals surface area contributed by atoms with Gasteiger partial charge >= 0.3 is 0 Å². The van der Waals surface area contributed by atoms with Gasteiger partial charge in [0.1, 0.15) is 0 Å². The minimum absolute atomic E-state index is 0.468. The highest BCUT2D eigenvalue weighted by molar-refractivity contribution is 7.72. The molecular formula is C36H41NP2. The Morgan fingerprint density at radius 2 is 1.00 bits per heavy atom. The van der Waals surface area contributed by atoms with Crippen LogP contribution in [0.5, 0.6) is 0 Å². The van der Waals surface area contributed by atoms with Crippen molar-refractivity contribution in [2.45, 2.75) is 48.3 Å². The van der Waals surface area contributed by atoms with Crippen molar-refractivity contribution < 1.29 is 0 Å². The van der Waals surface area contributed by atoms with E-state index in [1.165, 1.54) is 48.0 Å². The van der Waals surface area contributed by atoms with Crippen molar-refractivity contribution in [3.8, 4) is 0 Å². The number of nitrogens with one attached hydrogen (secondary N) is 1. The molecule has 0 bridgehead atoms. The van der Waals surface area contributed by atoms with Crippen LogP contribution in [0.4, 0.5) is 0 Å². The monoisotopic (exact) mass is 549 g/mol. The van der Waals surface area contributed by atoms with E-state index in [0.29, 0.717) is 22.6 Å². The molecule has 1 N–H and O–H groups in total. The molecule has 2 aromatic rings. The molecule has 2 aliphatic heterocycles. The lowest BCUT2D eigenvalue weighted by Crippen LogP contribution is -2.18. The van der Waals surface area contributed by atoms with Gasteiger partial charge in [-0.2, -0.15) is 0 Å². The van der Waals surface area contributed by atoms with E-state index in [4.69, 9.17) is 0 Å². The second kappa shape index (κ2) is 15.1. The molecule has 3 heteroatoms. The summed E-state index contributed by atoms with van der Waals surface area (Å²) < 4.78 is 0. The molecule has 2 aromatic carbocycles. The Morgan fingerprint density at radius 1 is 0.590 bits per heavy atom. The highest BCUT2D eigenvalue weighted by Crippen LogP contribution is 2.72. The molecule has 0 aromatic heterocycles. The van der Waals surface area contributed by atoms with E-state index in [9.17, 15) is 0 Å². The van der Waals surface area contributed by atoms with E-state index in [2.05, 4.69) is 128 Å².